The molecule has 8 heteroatoms. The average molecular weight is 413 g/mol. The second-order valence-electron chi connectivity index (χ2n) is 7.37. The van der Waals surface area contributed by atoms with Gasteiger partial charge in [0.15, 0.2) is 23.3 Å². The first-order valence-corrected chi connectivity index (χ1v) is 9.87. The van der Waals surface area contributed by atoms with Crippen molar-refractivity contribution < 1.29 is 13.2 Å². The number of likely N-dealkylation sites (N-methyl/N-ethyl adjacent to an activating group) is 1. The molecule has 1 aromatic carbocycles. The van der Waals surface area contributed by atoms with Crippen LogP contribution in [0.4, 0.5) is 19.0 Å². The maximum atomic E-state index is 13.9. The van der Waals surface area contributed by atoms with E-state index in [9.17, 15) is 13.2 Å². The molecule has 0 bridgehead atoms. The second kappa shape index (κ2) is 8.39. The number of anilines is 1. The number of hydrogen-bond acceptors (Lipinski definition) is 5. The number of likely N-dealkylation sites (tertiary alicyclic amines) is 1. The molecule has 1 aliphatic heterocycles. The predicted octanol–water partition coefficient (Wildman–Crippen LogP) is 4.51. The van der Waals surface area contributed by atoms with Crippen molar-refractivity contribution in [1.82, 2.24) is 19.9 Å². The van der Waals surface area contributed by atoms with E-state index >= 15 is 0 Å². The molecule has 156 valence electrons. The lowest BCUT2D eigenvalue weighted by Gasteiger charge is -2.28. The maximum Gasteiger partial charge on any atom is 0.194 e. The van der Waals surface area contributed by atoms with Crippen LogP contribution >= 0.6 is 0 Å². The number of nitrogens with one attached hydrogen (secondary N) is 1. The van der Waals surface area contributed by atoms with Crippen LogP contribution in [0.2, 0.25) is 0 Å². The van der Waals surface area contributed by atoms with Gasteiger partial charge in [-0.25, -0.2) is 23.1 Å². The average Bonchev–Trinajstić information content (AvgIpc) is 3.14. The normalized spacial score (nSPS) is 19.2. The van der Waals surface area contributed by atoms with Crippen molar-refractivity contribution in [2.24, 2.45) is 0 Å². The van der Waals surface area contributed by atoms with Crippen molar-refractivity contribution in [1.29, 1.82) is 0 Å². The molecule has 1 N–H and O–H groups in total. The summed E-state index contributed by atoms with van der Waals surface area (Å²) < 4.78 is 41.3. The van der Waals surface area contributed by atoms with E-state index in [0.717, 1.165) is 36.4 Å². The summed E-state index contributed by atoms with van der Waals surface area (Å²) >= 11 is 0. The summed E-state index contributed by atoms with van der Waals surface area (Å²) in [6.07, 6.45) is 4.13. The van der Waals surface area contributed by atoms with Crippen LogP contribution in [0.1, 0.15) is 30.6 Å². The highest BCUT2D eigenvalue weighted by Gasteiger charge is 2.35. The number of hydrogen-bond donors (Lipinski definition) is 1. The molecule has 5 nitrogen and oxygen atoms in total. The van der Waals surface area contributed by atoms with Gasteiger partial charge in [-0.3, -0.25) is 9.88 Å². The van der Waals surface area contributed by atoms with E-state index in [-0.39, 0.29) is 12.1 Å². The molecule has 0 aliphatic carbocycles. The van der Waals surface area contributed by atoms with E-state index in [0.29, 0.717) is 23.8 Å². The summed E-state index contributed by atoms with van der Waals surface area (Å²) in [5, 5.41) is 3.41. The van der Waals surface area contributed by atoms with Crippen LogP contribution in [0.15, 0.2) is 42.7 Å². The van der Waals surface area contributed by atoms with Crippen molar-refractivity contribution >= 4 is 5.82 Å². The number of aromatic nitrogens is 3. The molecular weight excluding hydrogens is 391 g/mol. The Kier molecular flexibility index (Phi) is 5.67. The molecule has 1 fully saturated rings. The first-order valence-electron chi connectivity index (χ1n) is 9.87. The molecule has 3 heterocycles. The van der Waals surface area contributed by atoms with Crippen LogP contribution < -0.4 is 5.32 Å². The van der Waals surface area contributed by atoms with Crippen molar-refractivity contribution in [3.05, 3.63) is 71.4 Å². The molecule has 3 aromatic rings. The van der Waals surface area contributed by atoms with Crippen molar-refractivity contribution in [3.63, 3.8) is 0 Å². The van der Waals surface area contributed by atoms with Crippen molar-refractivity contribution in [2.45, 2.75) is 32.4 Å². The lowest BCUT2D eigenvalue weighted by molar-refractivity contribution is 0.263. The first kappa shape index (κ1) is 20.3. The van der Waals surface area contributed by atoms with Gasteiger partial charge in [0.05, 0.1) is 6.04 Å². The third-order valence-corrected chi connectivity index (χ3v) is 5.36. The van der Waals surface area contributed by atoms with Gasteiger partial charge in [-0.2, -0.15) is 0 Å². The summed E-state index contributed by atoms with van der Waals surface area (Å²) in [6.45, 7) is 5.31. The highest BCUT2D eigenvalue weighted by molar-refractivity contribution is 5.56. The van der Waals surface area contributed by atoms with Crippen LogP contribution in [-0.4, -0.2) is 39.0 Å². The number of nitrogens with zero attached hydrogens (tertiary/aromatic N) is 4. The maximum absolute atomic E-state index is 13.9. The van der Waals surface area contributed by atoms with Gasteiger partial charge in [0.25, 0.3) is 0 Å². The van der Waals surface area contributed by atoms with Gasteiger partial charge in [0, 0.05) is 42.3 Å². The highest BCUT2D eigenvalue weighted by Crippen LogP contribution is 2.35. The number of pyridine rings is 1. The fourth-order valence-corrected chi connectivity index (χ4v) is 4.01. The highest BCUT2D eigenvalue weighted by atomic mass is 19.2. The Hall–Kier alpha value is -3.00. The fraction of sp³-hybridized carbons (Fsp3) is 0.318. The minimum Gasteiger partial charge on any atom is -0.365 e. The molecule has 2 aromatic heterocycles. The van der Waals surface area contributed by atoms with E-state index in [2.05, 4.69) is 25.2 Å². The Morgan fingerprint density at radius 1 is 1.13 bits per heavy atom. The smallest absolute Gasteiger partial charge is 0.194 e. The fourth-order valence-electron chi connectivity index (χ4n) is 4.01. The summed E-state index contributed by atoms with van der Waals surface area (Å²) in [5.74, 6) is -2.63. The first-order chi connectivity index (χ1) is 14.5. The van der Waals surface area contributed by atoms with Gasteiger partial charge in [-0.15, -0.1) is 0 Å². The molecule has 1 saturated heterocycles. The van der Waals surface area contributed by atoms with Crippen LogP contribution in [0, 0.1) is 24.4 Å². The Balaban J connectivity index is 1.66. The standard InChI is InChI=1S/C22H22F3N5/c1-3-30-8-6-18(21(30)15-10-16(23)20(25)17(24)11-15)28-19-9-13(2)27-22(29-19)14-5-4-7-26-12-14/h4-5,7,9-12,18,21H,3,6,8H2,1-2H3,(H,27,28,29). The lowest BCUT2D eigenvalue weighted by atomic mass is 9.99. The Labute approximate surface area is 173 Å². The Morgan fingerprint density at radius 3 is 2.57 bits per heavy atom. The van der Waals surface area contributed by atoms with Crippen LogP contribution in [0.3, 0.4) is 0 Å². The predicted molar refractivity (Wildman–Crippen MR) is 108 cm³/mol. The minimum atomic E-state index is -1.45. The van der Waals surface area contributed by atoms with Gasteiger partial charge < -0.3 is 5.32 Å². The largest absolute Gasteiger partial charge is 0.365 e. The topological polar surface area (TPSA) is 53.9 Å². The summed E-state index contributed by atoms with van der Waals surface area (Å²) in [5.41, 5.74) is 1.98. The van der Waals surface area contributed by atoms with Crippen LogP contribution in [0.25, 0.3) is 11.4 Å². The van der Waals surface area contributed by atoms with Crippen molar-refractivity contribution in [2.75, 3.05) is 18.4 Å². The molecule has 1 aliphatic rings. The zero-order chi connectivity index (χ0) is 21.3. The quantitative estimate of drug-likeness (QED) is 0.624. The third-order valence-electron chi connectivity index (χ3n) is 5.36. The Bertz CT molecular complexity index is 1020. The minimum absolute atomic E-state index is 0.148. The molecule has 2 unspecified atom stereocenters. The van der Waals surface area contributed by atoms with Gasteiger partial charge in [-0.1, -0.05) is 6.92 Å². The van der Waals surface area contributed by atoms with Crippen LogP contribution in [-0.2, 0) is 0 Å². The molecular formula is C22H22F3N5. The molecule has 0 radical (unpaired) electrons. The molecule has 4 rings (SSSR count). The molecule has 0 spiro atoms. The van der Waals surface area contributed by atoms with Gasteiger partial charge in [-0.05, 0) is 49.7 Å². The molecule has 30 heavy (non-hydrogen) atoms. The van der Waals surface area contributed by atoms with E-state index < -0.39 is 17.5 Å². The van der Waals surface area contributed by atoms with Gasteiger partial charge in [0.2, 0.25) is 0 Å². The number of aryl methyl sites for hydroxylation is 1. The van der Waals surface area contributed by atoms with Crippen LogP contribution in [0.5, 0.6) is 0 Å². The van der Waals surface area contributed by atoms with E-state index in [1.807, 2.05) is 32.0 Å². The Morgan fingerprint density at radius 2 is 1.90 bits per heavy atom. The lowest BCUT2D eigenvalue weighted by Crippen LogP contribution is -2.31. The SMILES string of the molecule is CCN1CCC(Nc2cc(C)nc(-c3cccnc3)n2)C1c1cc(F)c(F)c(F)c1. The van der Waals surface area contributed by atoms with E-state index in [4.69, 9.17) is 0 Å². The number of benzene rings is 1. The van der Waals surface area contributed by atoms with Gasteiger partial charge >= 0.3 is 0 Å². The summed E-state index contributed by atoms with van der Waals surface area (Å²) in [4.78, 5) is 15.3. The third kappa shape index (κ3) is 4.00. The number of halogens is 3. The van der Waals surface area contributed by atoms with E-state index in [1.165, 1.54) is 0 Å². The van der Waals surface area contributed by atoms with Crippen molar-refractivity contribution in [3.8, 4) is 11.4 Å². The summed E-state index contributed by atoms with van der Waals surface area (Å²) in [6, 6.07) is 7.24. The summed E-state index contributed by atoms with van der Waals surface area (Å²) in [7, 11) is 0. The van der Waals surface area contributed by atoms with E-state index in [1.54, 1.807) is 12.4 Å². The molecule has 0 amide bonds. The molecule has 0 saturated carbocycles. The number of rotatable bonds is 5. The molecule has 2 atom stereocenters. The zero-order valence-corrected chi connectivity index (χ0v) is 16.7. The monoisotopic (exact) mass is 413 g/mol. The van der Waals surface area contributed by atoms with Gasteiger partial charge in [0.1, 0.15) is 5.82 Å². The second-order valence-corrected chi connectivity index (χ2v) is 7.37. The zero-order valence-electron chi connectivity index (χ0n) is 16.7.